The van der Waals surface area contributed by atoms with E-state index in [1.807, 2.05) is 0 Å². The molecule has 0 aliphatic heterocycles. The number of carboxylic acid groups (broad SMARTS) is 1. The number of carbonyl (C=O) groups excluding carboxylic acids is 1. The average molecular weight is 296 g/mol. The Labute approximate surface area is 122 Å². The Morgan fingerprint density at radius 3 is 2.48 bits per heavy atom. The second kappa shape index (κ2) is 8.23. The van der Waals surface area contributed by atoms with Gasteiger partial charge in [-0.05, 0) is 24.1 Å². The SMILES string of the molecule is COCCN(CC(=O)O)C(=O)[C@H](N)Cc1ccc(O)cc1. The molecule has 0 bridgehead atoms. The maximum atomic E-state index is 12.2. The summed E-state index contributed by atoms with van der Waals surface area (Å²) in [5.41, 5.74) is 6.64. The van der Waals surface area contributed by atoms with Gasteiger partial charge in [-0.1, -0.05) is 12.1 Å². The van der Waals surface area contributed by atoms with Gasteiger partial charge in [0.05, 0.1) is 12.6 Å². The van der Waals surface area contributed by atoms with E-state index in [1.54, 1.807) is 12.1 Å². The van der Waals surface area contributed by atoms with Crippen molar-refractivity contribution in [2.45, 2.75) is 12.5 Å². The van der Waals surface area contributed by atoms with E-state index >= 15 is 0 Å². The van der Waals surface area contributed by atoms with E-state index in [4.69, 9.17) is 15.6 Å². The summed E-state index contributed by atoms with van der Waals surface area (Å²) in [6, 6.07) is 5.50. The topological polar surface area (TPSA) is 113 Å². The number of rotatable bonds is 8. The predicted octanol–water partition coefficient (Wildman–Crippen LogP) is -0.178. The number of hydrogen-bond donors (Lipinski definition) is 3. The Morgan fingerprint density at radius 1 is 1.33 bits per heavy atom. The number of methoxy groups -OCH3 is 1. The number of phenolic OH excluding ortho intramolecular Hbond substituents is 1. The quantitative estimate of drug-likeness (QED) is 0.613. The van der Waals surface area contributed by atoms with Crippen molar-refractivity contribution in [2.24, 2.45) is 5.73 Å². The molecule has 0 fully saturated rings. The number of aliphatic carboxylic acids is 1. The van der Waals surface area contributed by atoms with Crippen LogP contribution < -0.4 is 5.73 Å². The van der Waals surface area contributed by atoms with Crippen LogP contribution in [0.4, 0.5) is 0 Å². The molecule has 0 aliphatic carbocycles. The van der Waals surface area contributed by atoms with Crippen molar-refractivity contribution in [3.05, 3.63) is 29.8 Å². The first-order valence-electron chi connectivity index (χ1n) is 6.47. The van der Waals surface area contributed by atoms with Crippen LogP contribution in [0.1, 0.15) is 5.56 Å². The highest BCUT2D eigenvalue weighted by Crippen LogP contribution is 2.11. The molecule has 1 aromatic rings. The van der Waals surface area contributed by atoms with Gasteiger partial charge in [-0.2, -0.15) is 0 Å². The van der Waals surface area contributed by atoms with Gasteiger partial charge in [0, 0.05) is 13.7 Å². The average Bonchev–Trinajstić information content (AvgIpc) is 2.44. The van der Waals surface area contributed by atoms with Crippen LogP contribution in [0.5, 0.6) is 5.75 Å². The Kier molecular flexibility index (Phi) is 6.64. The standard InChI is InChI=1S/C14H20N2O5/c1-21-7-6-16(9-13(18)19)14(20)12(15)8-10-2-4-11(17)5-3-10/h2-5,12,17H,6-9,15H2,1H3,(H,18,19)/t12-/m1/s1. The Hall–Kier alpha value is -2.12. The number of aromatic hydroxyl groups is 1. The minimum atomic E-state index is -1.10. The summed E-state index contributed by atoms with van der Waals surface area (Å²) in [5, 5.41) is 18.0. The number of hydrogen-bond acceptors (Lipinski definition) is 5. The molecule has 1 rings (SSSR count). The molecule has 0 saturated heterocycles. The normalized spacial score (nSPS) is 11.9. The second-order valence-corrected chi connectivity index (χ2v) is 4.62. The van der Waals surface area contributed by atoms with Gasteiger partial charge in [-0.3, -0.25) is 9.59 Å². The molecule has 7 heteroatoms. The summed E-state index contributed by atoms with van der Waals surface area (Å²) < 4.78 is 4.86. The minimum Gasteiger partial charge on any atom is -0.508 e. The van der Waals surface area contributed by atoms with E-state index in [0.29, 0.717) is 0 Å². The summed E-state index contributed by atoms with van der Waals surface area (Å²) in [4.78, 5) is 24.1. The molecule has 1 aromatic carbocycles. The van der Waals surface area contributed by atoms with Crippen LogP contribution in [-0.4, -0.2) is 59.8 Å². The molecular weight excluding hydrogens is 276 g/mol. The zero-order valence-electron chi connectivity index (χ0n) is 11.9. The van der Waals surface area contributed by atoms with E-state index in [2.05, 4.69) is 0 Å². The first kappa shape index (κ1) is 16.9. The Morgan fingerprint density at radius 2 is 1.95 bits per heavy atom. The van der Waals surface area contributed by atoms with Crippen molar-refractivity contribution < 1.29 is 24.5 Å². The highest BCUT2D eigenvalue weighted by atomic mass is 16.5. The van der Waals surface area contributed by atoms with Crippen LogP contribution in [0.15, 0.2) is 24.3 Å². The van der Waals surface area contributed by atoms with Crippen LogP contribution in [0, 0.1) is 0 Å². The molecule has 0 unspecified atom stereocenters. The molecule has 0 radical (unpaired) electrons. The van der Waals surface area contributed by atoms with Crippen LogP contribution in [0.2, 0.25) is 0 Å². The van der Waals surface area contributed by atoms with E-state index in [9.17, 15) is 14.7 Å². The third-order valence-electron chi connectivity index (χ3n) is 2.91. The van der Waals surface area contributed by atoms with Crippen molar-refractivity contribution in [3.63, 3.8) is 0 Å². The molecule has 21 heavy (non-hydrogen) atoms. The smallest absolute Gasteiger partial charge is 0.323 e. The first-order valence-corrected chi connectivity index (χ1v) is 6.47. The number of nitrogens with two attached hydrogens (primary N) is 1. The second-order valence-electron chi connectivity index (χ2n) is 4.62. The zero-order valence-corrected chi connectivity index (χ0v) is 11.9. The number of amides is 1. The van der Waals surface area contributed by atoms with Gasteiger partial charge >= 0.3 is 5.97 Å². The molecule has 4 N–H and O–H groups in total. The lowest BCUT2D eigenvalue weighted by Crippen LogP contribution is -2.48. The highest BCUT2D eigenvalue weighted by Gasteiger charge is 2.23. The summed E-state index contributed by atoms with van der Waals surface area (Å²) in [6.07, 6.45) is 0.266. The molecule has 0 saturated carbocycles. The third kappa shape index (κ3) is 5.80. The monoisotopic (exact) mass is 296 g/mol. The number of carboxylic acids is 1. The van der Waals surface area contributed by atoms with E-state index < -0.39 is 24.5 Å². The zero-order chi connectivity index (χ0) is 15.8. The summed E-state index contributed by atoms with van der Waals surface area (Å²) in [7, 11) is 1.47. The third-order valence-corrected chi connectivity index (χ3v) is 2.91. The van der Waals surface area contributed by atoms with Gasteiger partial charge in [0.2, 0.25) is 5.91 Å². The first-order chi connectivity index (χ1) is 9.93. The van der Waals surface area contributed by atoms with E-state index in [0.717, 1.165) is 10.5 Å². The van der Waals surface area contributed by atoms with Gasteiger partial charge in [-0.25, -0.2) is 0 Å². The molecule has 0 aliphatic rings. The molecule has 0 aromatic heterocycles. The van der Waals surface area contributed by atoms with Crippen LogP contribution in [-0.2, 0) is 20.7 Å². The maximum absolute atomic E-state index is 12.2. The van der Waals surface area contributed by atoms with Gasteiger partial charge in [0.25, 0.3) is 0 Å². The molecule has 0 spiro atoms. The van der Waals surface area contributed by atoms with Gasteiger partial charge in [0.15, 0.2) is 0 Å². The molecule has 1 amide bonds. The Bertz CT molecular complexity index is 475. The van der Waals surface area contributed by atoms with Crippen LogP contribution in [0.3, 0.4) is 0 Å². The fourth-order valence-electron chi connectivity index (χ4n) is 1.84. The van der Waals surface area contributed by atoms with Crippen molar-refractivity contribution in [3.8, 4) is 5.75 Å². The number of phenols is 1. The molecular formula is C14H20N2O5. The molecule has 0 heterocycles. The molecule has 116 valence electrons. The number of nitrogens with zero attached hydrogens (tertiary/aromatic N) is 1. The highest BCUT2D eigenvalue weighted by molar-refractivity contribution is 5.85. The number of benzene rings is 1. The lowest BCUT2D eigenvalue weighted by atomic mass is 10.1. The Balaban J connectivity index is 2.67. The number of ether oxygens (including phenoxy) is 1. The lowest BCUT2D eigenvalue weighted by Gasteiger charge is -2.23. The van der Waals surface area contributed by atoms with Gasteiger partial charge in [-0.15, -0.1) is 0 Å². The largest absolute Gasteiger partial charge is 0.508 e. The minimum absolute atomic E-state index is 0.131. The molecule has 7 nitrogen and oxygen atoms in total. The summed E-state index contributed by atoms with van der Waals surface area (Å²) in [6.45, 7) is 0.00132. The van der Waals surface area contributed by atoms with Crippen LogP contribution in [0.25, 0.3) is 0 Å². The number of carbonyl (C=O) groups is 2. The van der Waals surface area contributed by atoms with E-state index in [-0.39, 0.29) is 25.3 Å². The van der Waals surface area contributed by atoms with Crippen LogP contribution >= 0.6 is 0 Å². The van der Waals surface area contributed by atoms with Crippen molar-refractivity contribution >= 4 is 11.9 Å². The maximum Gasteiger partial charge on any atom is 0.323 e. The van der Waals surface area contributed by atoms with Crippen molar-refractivity contribution in [2.75, 3.05) is 26.8 Å². The predicted molar refractivity (Wildman–Crippen MR) is 75.9 cm³/mol. The van der Waals surface area contributed by atoms with Gasteiger partial charge < -0.3 is 25.6 Å². The fourth-order valence-corrected chi connectivity index (χ4v) is 1.84. The fraction of sp³-hybridized carbons (Fsp3) is 0.429. The van der Waals surface area contributed by atoms with E-state index in [1.165, 1.54) is 19.2 Å². The lowest BCUT2D eigenvalue weighted by molar-refractivity contribution is -0.145. The van der Waals surface area contributed by atoms with Crippen molar-refractivity contribution in [1.82, 2.24) is 4.90 Å². The summed E-state index contributed by atoms with van der Waals surface area (Å²) in [5.74, 6) is -1.41. The molecule has 1 atom stereocenters. The van der Waals surface area contributed by atoms with Gasteiger partial charge in [0.1, 0.15) is 12.3 Å². The van der Waals surface area contributed by atoms with Crippen molar-refractivity contribution in [1.29, 1.82) is 0 Å². The summed E-state index contributed by atoms with van der Waals surface area (Å²) >= 11 is 0.